The van der Waals surface area contributed by atoms with Gasteiger partial charge in [-0.2, -0.15) is 0 Å². The lowest BCUT2D eigenvalue weighted by Gasteiger charge is -2.31. The number of Topliss-reactive ketones (excluding diaryl/α,β-unsaturated/α-hetero) is 1. The fraction of sp³-hybridized carbons (Fsp3) is 0.783. The van der Waals surface area contributed by atoms with Gasteiger partial charge in [0.15, 0.2) is 12.0 Å². The van der Waals surface area contributed by atoms with E-state index in [1.165, 1.54) is 4.90 Å². The molecule has 0 spiro atoms. The van der Waals surface area contributed by atoms with Crippen molar-refractivity contribution in [1.29, 1.82) is 0 Å². The molecule has 0 aromatic rings. The van der Waals surface area contributed by atoms with Crippen LogP contribution in [0.2, 0.25) is 19.6 Å². The Morgan fingerprint density at radius 1 is 0.939 bits per heavy atom. The highest BCUT2D eigenvalue weighted by Gasteiger charge is 2.32. The molecule has 2 amide bonds. The number of rotatable bonds is 2. The molecule has 2 aliphatic rings. The van der Waals surface area contributed by atoms with Crippen molar-refractivity contribution in [3.05, 3.63) is 11.8 Å². The van der Waals surface area contributed by atoms with Gasteiger partial charge in [-0.3, -0.25) is 4.79 Å². The first-order chi connectivity index (χ1) is 14.9. The van der Waals surface area contributed by atoms with Gasteiger partial charge in [-0.25, -0.2) is 14.0 Å². The lowest BCUT2D eigenvalue weighted by atomic mass is 10.1. The SMILES string of the molecule is CC(C)(C)OC(=O)N1CC=C(O[Si](C)(C)C)CC1.CC(C)(C)OC(=O)N1CCC(=O)C(F)C1. The predicted molar refractivity (Wildman–Crippen MR) is 127 cm³/mol. The summed E-state index contributed by atoms with van der Waals surface area (Å²) in [7, 11) is -1.54. The Kier molecular flexibility index (Phi) is 9.95. The first kappa shape index (κ1) is 28.9. The number of carbonyl (C=O) groups is 3. The minimum atomic E-state index is -1.56. The summed E-state index contributed by atoms with van der Waals surface area (Å²) >= 11 is 0. The summed E-state index contributed by atoms with van der Waals surface area (Å²) in [6.07, 6.45) is 0.477. The number of alkyl halides is 1. The minimum Gasteiger partial charge on any atom is -0.547 e. The standard InChI is InChI=1S/C13H25NO3Si.C10H16FNO3/c1-13(2,3)16-12(15)14-9-7-11(8-10-14)17-18(4,5)6;1-10(2,3)15-9(14)12-5-4-8(13)7(11)6-12/h7H,8-10H2,1-6H3;7H,4-6H2,1-3H3. The monoisotopic (exact) mass is 488 g/mol. The van der Waals surface area contributed by atoms with Gasteiger partial charge in [0.05, 0.1) is 12.3 Å². The molecule has 2 heterocycles. The second kappa shape index (κ2) is 11.4. The van der Waals surface area contributed by atoms with E-state index in [1.807, 2.05) is 26.8 Å². The molecular weight excluding hydrogens is 447 g/mol. The average Bonchev–Trinajstić information content (AvgIpc) is 2.61. The third-order valence-electron chi connectivity index (χ3n) is 4.27. The molecule has 0 N–H and O–H groups in total. The van der Waals surface area contributed by atoms with Crippen LogP contribution in [0.25, 0.3) is 0 Å². The number of halogens is 1. The van der Waals surface area contributed by atoms with Gasteiger partial charge in [0.2, 0.25) is 8.32 Å². The second-order valence-corrected chi connectivity index (χ2v) is 15.6. The van der Waals surface area contributed by atoms with Gasteiger partial charge in [0, 0.05) is 32.5 Å². The normalized spacial score (nSPS) is 19.8. The molecule has 2 aliphatic heterocycles. The van der Waals surface area contributed by atoms with Gasteiger partial charge in [0.25, 0.3) is 0 Å². The van der Waals surface area contributed by atoms with Crippen molar-refractivity contribution >= 4 is 26.3 Å². The second-order valence-electron chi connectivity index (χ2n) is 11.2. The molecule has 1 unspecified atom stereocenters. The maximum Gasteiger partial charge on any atom is 0.410 e. The molecule has 0 saturated carbocycles. The highest BCUT2D eigenvalue weighted by molar-refractivity contribution is 6.70. The summed E-state index contributed by atoms with van der Waals surface area (Å²) in [4.78, 5) is 37.2. The molecule has 1 atom stereocenters. The molecule has 0 bridgehead atoms. The first-order valence-electron chi connectivity index (χ1n) is 11.4. The Bertz CT molecular complexity index is 737. The van der Waals surface area contributed by atoms with Crippen LogP contribution in [0.1, 0.15) is 54.4 Å². The van der Waals surface area contributed by atoms with Crippen LogP contribution in [0.3, 0.4) is 0 Å². The van der Waals surface area contributed by atoms with E-state index in [-0.39, 0.29) is 25.6 Å². The van der Waals surface area contributed by atoms with E-state index in [2.05, 4.69) is 19.6 Å². The zero-order valence-electron chi connectivity index (χ0n) is 21.6. The third kappa shape index (κ3) is 12.1. The molecule has 190 valence electrons. The van der Waals surface area contributed by atoms with Crippen molar-refractivity contribution in [2.45, 2.75) is 91.4 Å². The number of ketones is 1. The Morgan fingerprint density at radius 3 is 1.82 bits per heavy atom. The largest absolute Gasteiger partial charge is 0.547 e. The number of nitrogens with zero attached hydrogens (tertiary/aromatic N) is 2. The maximum absolute atomic E-state index is 13.0. The number of ether oxygens (including phenoxy) is 2. The number of piperidine rings is 1. The number of likely N-dealkylation sites (tertiary alicyclic amines) is 1. The Labute approximate surface area is 198 Å². The van der Waals surface area contributed by atoms with Crippen LogP contribution >= 0.6 is 0 Å². The molecule has 2 rings (SSSR count). The highest BCUT2D eigenvalue weighted by Crippen LogP contribution is 2.19. The van der Waals surface area contributed by atoms with E-state index < -0.39 is 37.6 Å². The molecular formula is C23H41FN2O6Si. The molecule has 0 radical (unpaired) electrons. The van der Waals surface area contributed by atoms with E-state index >= 15 is 0 Å². The zero-order chi connectivity index (χ0) is 25.6. The fourth-order valence-electron chi connectivity index (χ4n) is 2.91. The van der Waals surface area contributed by atoms with Gasteiger partial charge < -0.3 is 23.7 Å². The number of hydrogen-bond acceptors (Lipinski definition) is 6. The summed E-state index contributed by atoms with van der Waals surface area (Å²) in [5, 5.41) is 0. The number of carbonyl (C=O) groups excluding carboxylic acids is 3. The van der Waals surface area contributed by atoms with Crippen molar-refractivity contribution in [3.63, 3.8) is 0 Å². The summed E-state index contributed by atoms with van der Waals surface area (Å²) in [6, 6.07) is 0. The van der Waals surface area contributed by atoms with E-state index in [0.29, 0.717) is 13.1 Å². The van der Waals surface area contributed by atoms with Gasteiger partial charge in [-0.05, 0) is 67.3 Å². The maximum atomic E-state index is 13.0. The summed E-state index contributed by atoms with van der Waals surface area (Å²) in [6.45, 7) is 18.7. The lowest BCUT2D eigenvalue weighted by molar-refractivity contribution is -0.127. The van der Waals surface area contributed by atoms with Gasteiger partial charge in [-0.15, -0.1) is 0 Å². The molecule has 33 heavy (non-hydrogen) atoms. The van der Waals surface area contributed by atoms with Crippen LogP contribution in [-0.2, 0) is 18.7 Å². The number of amides is 2. The molecule has 0 aliphatic carbocycles. The van der Waals surface area contributed by atoms with E-state index in [0.717, 1.165) is 12.2 Å². The van der Waals surface area contributed by atoms with Crippen LogP contribution in [0.4, 0.5) is 14.0 Å². The van der Waals surface area contributed by atoms with Crippen molar-refractivity contribution < 1.29 is 32.7 Å². The van der Waals surface area contributed by atoms with Gasteiger partial charge in [0.1, 0.15) is 11.2 Å². The van der Waals surface area contributed by atoms with E-state index in [9.17, 15) is 18.8 Å². The van der Waals surface area contributed by atoms with Crippen LogP contribution in [-0.4, -0.2) is 79.6 Å². The molecule has 0 aromatic heterocycles. The molecule has 8 nitrogen and oxygen atoms in total. The van der Waals surface area contributed by atoms with Gasteiger partial charge in [-0.1, -0.05) is 0 Å². The highest BCUT2D eigenvalue weighted by atomic mass is 28.4. The third-order valence-corrected chi connectivity index (χ3v) is 5.14. The molecule has 10 heteroatoms. The average molecular weight is 489 g/mol. The fourth-order valence-corrected chi connectivity index (χ4v) is 3.88. The summed E-state index contributed by atoms with van der Waals surface area (Å²) < 4.78 is 29.4. The van der Waals surface area contributed by atoms with Crippen molar-refractivity contribution in [2.75, 3.05) is 26.2 Å². The topological polar surface area (TPSA) is 85.4 Å². The van der Waals surface area contributed by atoms with E-state index in [4.69, 9.17) is 13.9 Å². The zero-order valence-corrected chi connectivity index (χ0v) is 22.6. The minimum absolute atomic E-state index is 0.0699. The Balaban J connectivity index is 0.000000335. The quantitative estimate of drug-likeness (QED) is 0.514. The molecule has 0 aromatic carbocycles. The predicted octanol–water partition coefficient (Wildman–Crippen LogP) is 4.90. The van der Waals surface area contributed by atoms with Crippen LogP contribution < -0.4 is 0 Å². The van der Waals surface area contributed by atoms with Crippen molar-refractivity contribution in [3.8, 4) is 0 Å². The Hall–Kier alpha value is -2.10. The summed E-state index contributed by atoms with van der Waals surface area (Å²) in [5.41, 5.74) is -1.03. The Morgan fingerprint density at radius 2 is 1.42 bits per heavy atom. The van der Waals surface area contributed by atoms with Crippen LogP contribution in [0.5, 0.6) is 0 Å². The summed E-state index contributed by atoms with van der Waals surface area (Å²) in [5.74, 6) is 0.587. The van der Waals surface area contributed by atoms with Crippen molar-refractivity contribution in [1.82, 2.24) is 9.80 Å². The van der Waals surface area contributed by atoms with Crippen LogP contribution in [0.15, 0.2) is 11.8 Å². The molecule has 1 saturated heterocycles. The van der Waals surface area contributed by atoms with Crippen molar-refractivity contribution in [2.24, 2.45) is 0 Å². The lowest BCUT2D eigenvalue weighted by Crippen LogP contribution is -2.47. The smallest absolute Gasteiger partial charge is 0.410 e. The number of hydrogen-bond donors (Lipinski definition) is 0. The van der Waals surface area contributed by atoms with Gasteiger partial charge >= 0.3 is 12.2 Å². The van der Waals surface area contributed by atoms with Crippen LogP contribution in [0, 0.1) is 0 Å². The first-order valence-corrected chi connectivity index (χ1v) is 14.8. The molecule has 1 fully saturated rings. The van der Waals surface area contributed by atoms with E-state index in [1.54, 1.807) is 25.7 Å².